The molecule has 1 N–H and O–H groups in total. The third-order valence-electron chi connectivity index (χ3n) is 8.42. The zero-order valence-corrected chi connectivity index (χ0v) is 26.8. The van der Waals surface area contributed by atoms with Crippen LogP contribution in [0.2, 0.25) is 5.02 Å². The first-order chi connectivity index (χ1) is 20.3. The molecule has 2 fully saturated rings. The van der Waals surface area contributed by atoms with Gasteiger partial charge in [0.15, 0.2) is 0 Å². The molecule has 3 heterocycles. The van der Waals surface area contributed by atoms with E-state index in [1.165, 1.54) is 30.5 Å². The largest absolute Gasteiger partial charge is 0.573 e. The van der Waals surface area contributed by atoms with Crippen molar-refractivity contribution < 1.29 is 17.9 Å². The minimum absolute atomic E-state index is 0. The molecule has 0 radical (unpaired) electrons. The van der Waals surface area contributed by atoms with Gasteiger partial charge in [-0.25, -0.2) is 0 Å². The van der Waals surface area contributed by atoms with E-state index in [9.17, 15) is 13.2 Å². The number of nitrogens with one attached hydrogen (secondary N) is 1. The van der Waals surface area contributed by atoms with Crippen LogP contribution in [0.1, 0.15) is 24.0 Å². The van der Waals surface area contributed by atoms with Crippen molar-refractivity contribution in [2.75, 3.05) is 39.3 Å². The molecule has 4 aromatic rings. The van der Waals surface area contributed by atoms with E-state index in [1.54, 1.807) is 12.1 Å². The molecule has 11 heteroatoms. The van der Waals surface area contributed by atoms with Gasteiger partial charge in [0.25, 0.3) is 0 Å². The Hall–Kier alpha value is -2.46. The molecule has 0 aliphatic carbocycles. The van der Waals surface area contributed by atoms with E-state index >= 15 is 0 Å². The lowest BCUT2D eigenvalue weighted by atomic mass is 9.99. The summed E-state index contributed by atoms with van der Waals surface area (Å²) in [5, 5.41) is 5.45. The molecule has 6 rings (SSSR count). The van der Waals surface area contributed by atoms with Crippen molar-refractivity contribution in [3.05, 3.63) is 89.1 Å². The second kappa shape index (κ2) is 15.2. The quantitative estimate of drug-likeness (QED) is 0.206. The van der Waals surface area contributed by atoms with Gasteiger partial charge in [0.05, 0.1) is 0 Å². The minimum atomic E-state index is -4.71. The molecule has 0 spiro atoms. The Kier molecular flexibility index (Phi) is 11.9. The van der Waals surface area contributed by atoms with Crippen LogP contribution in [-0.4, -0.2) is 60.0 Å². The molecule has 2 aliphatic rings. The summed E-state index contributed by atoms with van der Waals surface area (Å²) in [6.07, 6.45) is -0.185. The summed E-state index contributed by atoms with van der Waals surface area (Å²) in [6, 6.07) is 20.9. The summed E-state index contributed by atoms with van der Waals surface area (Å²) in [4.78, 5) is 4.93. The number of piperidine rings is 1. The van der Waals surface area contributed by atoms with Gasteiger partial charge < -0.3 is 14.6 Å². The highest BCUT2D eigenvalue weighted by molar-refractivity contribution is 6.31. The highest BCUT2D eigenvalue weighted by atomic mass is 35.5. The summed E-state index contributed by atoms with van der Waals surface area (Å²) in [5.41, 5.74) is 5.45. The highest BCUT2D eigenvalue weighted by Gasteiger charge is 2.31. The summed E-state index contributed by atoms with van der Waals surface area (Å²) in [6.45, 7) is 8.61. The van der Waals surface area contributed by atoms with Crippen LogP contribution < -0.4 is 10.1 Å². The Morgan fingerprint density at radius 1 is 0.886 bits per heavy atom. The number of rotatable bonds is 8. The first-order valence-electron chi connectivity index (χ1n) is 14.7. The van der Waals surface area contributed by atoms with E-state index in [4.69, 9.17) is 11.6 Å². The molecule has 2 saturated heterocycles. The van der Waals surface area contributed by atoms with Crippen LogP contribution in [0.3, 0.4) is 0 Å². The smallest absolute Gasteiger partial charge is 0.406 e. The number of ether oxygens (including phenoxy) is 1. The fourth-order valence-corrected chi connectivity index (χ4v) is 6.44. The van der Waals surface area contributed by atoms with Crippen molar-refractivity contribution in [1.82, 2.24) is 19.7 Å². The summed E-state index contributed by atoms with van der Waals surface area (Å²) in [7, 11) is 0. The SMILES string of the molecule is Cl.Cl.FC(F)(F)Oc1ccc(-c2cn(CC3CCCNC3)c3ccc(CN4CCN(Cc5ccccc5Cl)CC4)cc23)cc1. The van der Waals surface area contributed by atoms with E-state index in [2.05, 4.69) is 54.9 Å². The van der Waals surface area contributed by atoms with E-state index < -0.39 is 6.36 Å². The predicted molar refractivity (Wildman–Crippen MR) is 176 cm³/mol. The van der Waals surface area contributed by atoms with Gasteiger partial charge in [-0.1, -0.05) is 48.0 Å². The number of halogens is 6. The highest BCUT2D eigenvalue weighted by Crippen LogP contribution is 2.34. The lowest BCUT2D eigenvalue weighted by molar-refractivity contribution is -0.274. The van der Waals surface area contributed by atoms with E-state index in [-0.39, 0.29) is 30.6 Å². The Labute approximate surface area is 274 Å². The van der Waals surface area contributed by atoms with Crippen LogP contribution in [0.5, 0.6) is 5.75 Å². The van der Waals surface area contributed by atoms with Crippen molar-refractivity contribution >= 4 is 47.3 Å². The number of aromatic nitrogens is 1. The standard InChI is InChI=1S/C33H36ClF3N4O.2ClH/c34-31-6-2-1-5-27(31)22-40-16-14-39(15-17-40)20-24-7-12-32-29(18-24)30(23-41(32)21-25-4-3-13-38-19-25)26-8-10-28(11-9-26)42-33(35,36)37;;/h1-2,5-12,18,23,25,38H,3-4,13-17,19-22H2;2*1H. The molecule has 1 unspecified atom stereocenters. The number of fused-ring (bicyclic) bond motifs is 1. The van der Waals surface area contributed by atoms with Gasteiger partial charge in [0.2, 0.25) is 0 Å². The van der Waals surface area contributed by atoms with E-state index in [0.29, 0.717) is 5.92 Å². The molecule has 0 saturated carbocycles. The zero-order chi connectivity index (χ0) is 29.1. The van der Waals surface area contributed by atoms with Gasteiger partial charge in [-0.2, -0.15) is 0 Å². The average Bonchev–Trinajstić information content (AvgIpc) is 3.33. The molecular formula is C33H38Cl3F3N4O. The lowest BCUT2D eigenvalue weighted by Gasteiger charge is -2.35. The molecule has 2 aliphatic heterocycles. The van der Waals surface area contributed by atoms with Gasteiger partial charge in [0.1, 0.15) is 5.75 Å². The second-order valence-corrected chi connectivity index (χ2v) is 11.9. The van der Waals surface area contributed by atoms with Gasteiger partial charge >= 0.3 is 6.36 Å². The molecule has 1 atom stereocenters. The van der Waals surface area contributed by atoms with Crippen molar-refractivity contribution in [1.29, 1.82) is 0 Å². The minimum Gasteiger partial charge on any atom is -0.406 e. The van der Waals surface area contributed by atoms with Gasteiger partial charge in [0, 0.05) is 73.5 Å². The fourth-order valence-electron chi connectivity index (χ4n) is 6.25. The maximum Gasteiger partial charge on any atom is 0.573 e. The van der Waals surface area contributed by atoms with E-state index in [0.717, 1.165) is 91.5 Å². The number of nitrogens with zero attached hydrogens (tertiary/aromatic N) is 3. The van der Waals surface area contributed by atoms with Gasteiger partial charge in [-0.05, 0) is 78.9 Å². The Morgan fingerprint density at radius 3 is 2.25 bits per heavy atom. The van der Waals surface area contributed by atoms with Crippen LogP contribution in [0.25, 0.3) is 22.0 Å². The van der Waals surface area contributed by atoms with Crippen LogP contribution in [-0.2, 0) is 19.6 Å². The van der Waals surface area contributed by atoms with Crippen LogP contribution in [0.15, 0.2) is 72.9 Å². The lowest BCUT2D eigenvalue weighted by Crippen LogP contribution is -2.45. The molecule has 44 heavy (non-hydrogen) atoms. The Balaban J connectivity index is 0.00000221. The molecule has 0 amide bonds. The first kappa shape index (κ1) is 34.4. The molecule has 238 valence electrons. The number of benzene rings is 3. The fraction of sp³-hybridized carbons (Fsp3) is 0.394. The molecule has 5 nitrogen and oxygen atoms in total. The number of hydrogen-bond donors (Lipinski definition) is 1. The summed E-state index contributed by atoms with van der Waals surface area (Å²) in [5.74, 6) is 0.337. The maximum atomic E-state index is 12.7. The second-order valence-electron chi connectivity index (χ2n) is 11.5. The number of alkyl halides is 3. The molecule has 0 bridgehead atoms. The maximum absolute atomic E-state index is 12.7. The molecule has 1 aromatic heterocycles. The number of piperazine rings is 1. The third kappa shape index (κ3) is 8.62. The zero-order valence-electron chi connectivity index (χ0n) is 24.4. The number of hydrogen-bond acceptors (Lipinski definition) is 4. The van der Waals surface area contributed by atoms with Crippen LogP contribution in [0, 0.1) is 5.92 Å². The first-order valence-corrected chi connectivity index (χ1v) is 15.1. The predicted octanol–water partition coefficient (Wildman–Crippen LogP) is 8.02. The van der Waals surface area contributed by atoms with Crippen molar-refractivity contribution in [2.24, 2.45) is 5.92 Å². The van der Waals surface area contributed by atoms with Crippen molar-refractivity contribution in [3.8, 4) is 16.9 Å². The van der Waals surface area contributed by atoms with Gasteiger partial charge in [-0.15, -0.1) is 38.0 Å². The normalized spacial score (nSPS) is 18.0. The monoisotopic (exact) mass is 668 g/mol. The Morgan fingerprint density at radius 2 is 1.59 bits per heavy atom. The average molecular weight is 670 g/mol. The topological polar surface area (TPSA) is 32.7 Å². The third-order valence-corrected chi connectivity index (χ3v) is 8.79. The summed E-state index contributed by atoms with van der Waals surface area (Å²) < 4.78 is 44.6. The Bertz CT molecular complexity index is 1500. The van der Waals surface area contributed by atoms with Crippen molar-refractivity contribution in [3.63, 3.8) is 0 Å². The van der Waals surface area contributed by atoms with Gasteiger partial charge in [-0.3, -0.25) is 9.80 Å². The summed E-state index contributed by atoms with van der Waals surface area (Å²) >= 11 is 6.38. The molecular weight excluding hydrogens is 632 g/mol. The molecule has 3 aromatic carbocycles. The van der Waals surface area contributed by atoms with E-state index in [1.807, 2.05) is 18.2 Å². The van der Waals surface area contributed by atoms with Crippen molar-refractivity contribution in [2.45, 2.75) is 38.8 Å². The van der Waals surface area contributed by atoms with Crippen LogP contribution in [0.4, 0.5) is 13.2 Å². The van der Waals surface area contributed by atoms with Crippen LogP contribution >= 0.6 is 36.4 Å².